The van der Waals surface area contributed by atoms with Crippen LogP contribution in [0.25, 0.3) is 0 Å². The number of benzene rings is 1. The zero-order valence-corrected chi connectivity index (χ0v) is 15.9. The van der Waals surface area contributed by atoms with E-state index in [0.29, 0.717) is 39.3 Å². The molecule has 148 valence electrons. The van der Waals surface area contributed by atoms with Gasteiger partial charge in [-0.15, -0.1) is 0 Å². The Labute approximate surface area is 158 Å². The van der Waals surface area contributed by atoms with E-state index in [1.807, 2.05) is 20.8 Å². The van der Waals surface area contributed by atoms with Crippen LogP contribution in [0.1, 0.15) is 31.1 Å². The summed E-state index contributed by atoms with van der Waals surface area (Å²) in [6.07, 6.45) is -0.305. The highest BCUT2D eigenvalue weighted by Crippen LogP contribution is 2.13. The molecule has 1 N–H and O–H groups in total. The number of nitro benzene ring substituents is 1. The van der Waals surface area contributed by atoms with Crippen LogP contribution in [-0.2, 0) is 4.74 Å². The molecule has 0 spiro atoms. The summed E-state index contributed by atoms with van der Waals surface area (Å²) < 4.78 is 5.36. The van der Waals surface area contributed by atoms with Crippen molar-refractivity contribution in [2.24, 2.45) is 0 Å². The summed E-state index contributed by atoms with van der Waals surface area (Å²) in [5.74, 6) is -0.342. The molecule has 27 heavy (non-hydrogen) atoms. The van der Waals surface area contributed by atoms with Gasteiger partial charge in [0.05, 0.1) is 4.92 Å². The fraction of sp³-hybridized carbons (Fsp3) is 0.556. The van der Waals surface area contributed by atoms with Gasteiger partial charge >= 0.3 is 6.09 Å². The summed E-state index contributed by atoms with van der Waals surface area (Å²) in [6, 6.07) is 5.64. The molecular weight excluding hydrogens is 352 g/mol. The van der Waals surface area contributed by atoms with Crippen molar-refractivity contribution in [1.82, 2.24) is 15.1 Å². The average Bonchev–Trinajstić information content (AvgIpc) is 2.60. The maximum atomic E-state index is 12.1. The highest BCUT2D eigenvalue weighted by Gasteiger charge is 2.25. The Morgan fingerprint density at radius 3 is 2.48 bits per heavy atom. The second kappa shape index (κ2) is 8.81. The minimum Gasteiger partial charge on any atom is -0.444 e. The highest BCUT2D eigenvalue weighted by atomic mass is 16.6. The van der Waals surface area contributed by atoms with Crippen molar-refractivity contribution >= 4 is 17.7 Å². The minimum absolute atomic E-state index is 0.110. The van der Waals surface area contributed by atoms with Crippen LogP contribution in [0, 0.1) is 10.1 Å². The average molecular weight is 378 g/mol. The van der Waals surface area contributed by atoms with E-state index in [-0.39, 0.29) is 23.3 Å². The normalized spacial score (nSPS) is 15.3. The summed E-state index contributed by atoms with van der Waals surface area (Å²) in [5, 5.41) is 13.5. The predicted octanol–water partition coefficient (Wildman–Crippen LogP) is 1.88. The zero-order chi connectivity index (χ0) is 20.0. The van der Waals surface area contributed by atoms with Gasteiger partial charge in [0.1, 0.15) is 5.60 Å². The van der Waals surface area contributed by atoms with Gasteiger partial charge in [-0.2, -0.15) is 0 Å². The Morgan fingerprint density at radius 1 is 1.22 bits per heavy atom. The van der Waals surface area contributed by atoms with Crippen LogP contribution in [-0.4, -0.2) is 71.6 Å². The molecule has 1 aromatic carbocycles. The molecule has 1 aliphatic rings. The van der Waals surface area contributed by atoms with Gasteiger partial charge in [0.2, 0.25) is 0 Å². The topological polar surface area (TPSA) is 105 Å². The number of carbonyl (C=O) groups is 2. The molecule has 2 rings (SSSR count). The molecule has 1 saturated heterocycles. The summed E-state index contributed by atoms with van der Waals surface area (Å²) in [4.78, 5) is 38.2. The van der Waals surface area contributed by atoms with Gasteiger partial charge in [0.15, 0.2) is 0 Å². The summed E-state index contributed by atoms with van der Waals surface area (Å²) in [6.45, 7) is 9.14. The molecule has 0 aromatic heterocycles. The van der Waals surface area contributed by atoms with Gasteiger partial charge in [0.25, 0.3) is 11.6 Å². The van der Waals surface area contributed by atoms with E-state index >= 15 is 0 Å². The van der Waals surface area contributed by atoms with Crippen molar-refractivity contribution in [3.8, 4) is 0 Å². The fourth-order valence-corrected chi connectivity index (χ4v) is 2.67. The number of piperazine rings is 1. The maximum Gasteiger partial charge on any atom is 0.410 e. The number of amides is 2. The Balaban J connectivity index is 1.73. The first-order valence-corrected chi connectivity index (χ1v) is 8.88. The van der Waals surface area contributed by atoms with Gasteiger partial charge in [-0.05, 0) is 26.8 Å². The summed E-state index contributed by atoms with van der Waals surface area (Å²) in [5.41, 5.74) is -0.356. The van der Waals surface area contributed by atoms with Crippen molar-refractivity contribution < 1.29 is 19.2 Å². The molecule has 9 heteroatoms. The second-order valence-corrected chi connectivity index (χ2v) is 7.37. The first kappa shape index (κ1) is 20.6. The Kier molecular flexibility index (Phi) is 6.73. The number of rotatable bonds is 5. The molecule has 0 atom stereocenters. The molecule has 0 radical (unpaired) electrons. The lowest BCUT2D eigenvalue weighted by Crippen LogP contribution is -2.51. The first-order chi connectivity index (χ1) is 12.7. The van der Waals surface area contributed by atoms with Crippen molar-refractivity contribution in [3.63, 3.8) is 0 Å². The van der Waals surface area contributed by atoms with Crippen LogP contribution in [0.4, 0.5) is 10.5 Å². The summed E-state index contributed by atoms with van der Waals surface area (Å²) in [7, 11) is 0. The Bertz CT molecular complexity index is 693. The van der Waals surface area contributed by atoms with Crippen molar-refractivity contribution in [2.75, 3.05) is 39.3 Å². The lowest BCUT2D eigenvalue weighted by atomic mass is 10.2. The monoisotopic (exact) mass is 378 g/mol. The van der Waals surface area contributed by atoms with Crippen LogP contribution in [0.15, 0.2) is 24.3 Å². The van der Waals surface area contributed by atoms with Crippen molar-refractivity contribution in [1.29, 1.82) is 0 Å². The van der Waals surface area contributed by atoms with Gasteiger partial charge in [-0.3, -0.25) is 19.8 Å². The van der Waals surface area contributed by atoms with Crippen molar-refractivity contribution in [3.05, 3.63) is 39.9 Å². The van der Waals surface area contributed by atoms with E-state index < -0.39 is 10.5 Å². The fourth-order valence-electron chi connectivity index (χ4n) is 2.67. The molecular formula is C18H26N4O5. The number of non-ortho nitro benzene ring substituents is 1. The third-order valence-electron chi connectivity index (χ3n) is 4.06. The highest BCUT2D eigenvalue weighted by molar-refractivity contribution is 5.94. The SMILES string of the molecule is CC(C)(C)OC(=O)N1CCN(CCNC(=O)c2cccc([N+](=O)[O-])c2)CC1. The Hall–Kier alpha value is -2.68. The lowest BCUT2D eigenvalue weighted by Gasteiger charge is -2.35. The first-order valence-electron chi connectivity index (χ1n) is 8.88. The molecule has 0 aliphatic carbocycles. The molecule has 0 saturated carbocycles. The van der Waals surface area contributed by atoms with Crippen molar-refractivity contribution in [2.45, 2.75) is 26.4 Å². The molecule has 0 unspecified atom stereocenters. The number of hydrogen-bond donors (Lipinski definition) is 1. The van der Waals surface area contributed by atoms with E-state index in [1.165, 1.54) is 18.2 Å². The van der Waals surface area contributed by atoms with E-state index in [0.717, 1.165) is 0 Å². The van der Waals surface area contributed by atoms with Crippen LogP contribution in [0.3, 0.4) is 0 Å². The molecule has 1 heterocycles. The number of carbonyl (C=O) groups excluding carboxylic acids is 2. The maximum absolute atomic E-state index is 12.1. The predicted molar refractivity (Wildman–Crippen MR) is 99.7 cm³/mol. The van der Waals surface area contributed by atoms with Crippen LogP contribution >= 0.6 is 0 Å². The summed E-state index contributed by atoms with van der Waals surface area (Å²) >= 11 is 0. The largest absolute Gasteiger partial charge is 0.444 e. The second-order valence-electron chi connectivity index (χ2n) is 7.37. The van der Waals surface area contributed by atoms with Gasteiger partial charge in [0, 0.05) is 57.0 Å². The number of hydrogen-bond acceptors (Lipinski definition) is 6. The number of ether oxygens (including phenoxy) is 1. The quantitative estimate of drug-likeness (QED) is 0.619. The van der Waals surface area contributed by atoms with Gasteiger partial charge in [-0.1, -0.05) is 6.07 Å². The van der Waals surface area contributed by atoms with E-state index in [9.17, 15) is 19.7 Å². The third kappa shape index (κ3) is 6.52. The molecule has 9 nitrogen and oxygen atoms in total. The minimum atomic E-state index is -0.527. The number of nitrogens with zero attached hydrogens (tertiary/aromatic N) is 3. The molecule has 1 fully saturated rings. The third-order valence-corrected chi connectivity index (χ3v) is 4.06. The van der Waals surface area contributed by atoms with E-state index in [2.05, 4.69) is 10.2 Å². The molecule has 1 aliphatic heterocycles. The molecule has 2 amide bonds. The molecule has 1 aromatic rings. The van der Waals surface area contributed by atoms with Crippen LogP contribution in [0.5, 0.6) is 0 Å². The van der Waals surface area contributed by atoms with Crippen LogP contribution < -0.4 is 5.32 Å². The van der Waals surface area contributed by atoms with E-state index in [4.69, 9.17) is 4.74 Å². The Morgan fingerprint density at radius 2 is 1.89 bits per heavy atom. The number of nitrogens with one attached hydrogen (secondary N) is 1. The number of nitro groups is 1. The molecule has 0 bridgehead atoms. The van der Waals surface area contributed by atoms with Gasteiger partial charge in [-0.25, -0.2) is 4.79 Å². The van der Waals surface area contributed by atoms with E-state index in [1.54, 1.807) is 11.0 Å². The van der Waals surface area contributed by atoms with Gasteiger partial charge < -0.3 is 15.0 Å². The van der Waals surface area contributed by atoms with Crippen LogP contribution in [0.2, 0.25) is 0 Å². The zero-order valence-electron chi connectivity index (χ0n) is 15.9. The standard InChI is InChI=1S/C18H26N4O5/c1-18(2,3)27-17(24)21-11-9-20(10-12-21)8-7-19-16(23)14-5-4-6-15(13-14)22(25)26/h4-6,13H,7-12H2,1-3H3,(H,19,23). The lowest BCUT2D eigenvalue weighted by molar-refractivity contribution is -0.384. The smallest absolute Gasteiger partial charge is 0.410 e.